The largest absolute Gasteiger partial charge is 0.394 e. The van der Waals surface area contributed by atoms with Crippen molar-refractivity contribution in [3.63, 3.8) is 0 Å². The quantitative estimate of drug-likeness (QED) is 0.857. The second-order valence-electron chi connectivity index (χ2n) is 4.47. The summed E-state index contributed by atoms with van der Waals surface area (Å²) in [7, 11) is 0. The van der Waals surface area contributed by atoms with Crippen molar-refractivity contribution in [1.82, 2.24) is 9.78 Å². The summed E-state index contributed by atoms with van der Waals surface area (Å²) in [4.78, 5) is 0. The maximum Gasteiger partial charge on any atom is 0.127 e. The number of rotatable bonds is 5. The van der Waals surface area contributed by atoms with Crippen molar-refractivity contribution < 1.29 is 9.50 Å². The Morgan fingerprint density at radius 1 is 1.42 bits per heavy atom. The number of hydrogen-bond acceptors (Lipinski definition) is 3. The van der Waals surface area contributed by atoms with Gasteiger partial charge in [0.15, 0.2) is 0 Å². The molecule has 2 rings (SSSR count). The molecule has 19 heavy (non-hydrogen) atoms. The van der Waals surface area contributed by atoms with Gasteiger partial charge < -0.3 is 10.8 Å². The van der Waals surface area contributed by atoms with E-state index in [-0.39, 0.29) is 24.9 Å². The van der Waals surface area contributed by atoms with Crippen molar-refractivity contribution in [2.75, 3.05) is 13.2 Å². The van der Waals surface area contributed by atoms with E-state index in [2.05, 4.69) is 5.10 Å². The zero-order chi connectivity index (χ0) is 13.8. The molecule has 0 spiro atoms. The van der Waals surface area contributed by atoms with Crippen LogP contribution in [0.3, 0.4) is 0 Å². The van der Waals surface area contributed by atoms with Gasteiger partial charge in [-0.05, 0) is 24.6 Å². The molecule has 1 atom stereocenters. The highest BCUT2D eigenvalue weighted by Gasteiger charge is 2.20. The number of aromatic nitrogens is 2. The second kappa shape index (κ2) is 5.95. The predicted octanol–water partition coefficient (Wildman–Crippen LogP) is 1.41. The highest BCUT2D eigenvalue weighted by molar-refractivity contribution is 5.31. The van der Waals surface area contributed by atoms with Gasteiger partial charge in [-0.25, -0.2) is 4.39 Å². The molecular weight excluding hydrogens is 245 g/mol. The van der Waals surface area contributed by atoms with Crippen molar-refractivity contribution in [3.8, 4) is 0 Å². The molecule has 5 heteroatoms. The van der Waals surface area contributed by atoms with Gasteiger partial charge in [0.1, 0.15) is 5.82 Å². The molecule has 0 saturated heterocycles. The van der Waals surface area contributed by atoms with Gasteiger partial charge in [-0.3, -0.25) is 4.68 Å². The third-order valence-electron chi connectivity index (χ3n) is 3.12. The van der Waals surface area contributed by atoms with Gasteiger partial charge >= 0.3 is 0 Å². The summed E-state index contributed by atoms with van der Waals surface area (Å²) >= 11 is 0. The average molecular weight is 263 g/mol. The van der Waals surface area contributed by atoms with Crippen LogP contribution in [0.5, 0.6) is 0 Å². The Balaban J connectivity index is 2.45. The van der Waals surface area contributed by atoms with E-state index in [1.54, 1.807) is 22.9 Å². The molecule has 0 aliphatic rings. The minimum absolute atomic E-state index is 0.0112. The molecule has 1 aromatic carbocycles. The van der Waals surface area contributed by atoms with Crippen LogP contribution in [0.2, 0.25) is 0 Å². The zero-order valence-corrected chi connectivity index (χ0v) is 10.9. The van der Waals surface area contributed by atoms with Crippen LogP contribution in [-0.2, 0) is 6.54 Å². The minimum Gasteiger partial charge on any atom is -0.394 e. The number of aryl methyl sites for hydroxylation is 1. The topological polar surface area (TPSA) is 64.1 Å². The van der Waals surface area contributed by atoms with Crippen molar-refractivity contribution in [2.24, 2.45) is 5.73 Å². The lowest BCUT2D eigenvalue weighted by atomic mass is 9.95. The molecule has 0 aliphatic heterocycles. The minimum atomic E-state index is -0.271. The van der Waals surface area contributed by atoms with Gasteiger partial charge in [-0.15, -0.1) is 0 Å². The van der Waals surface area contributed by atoms with Crippen LogP contribution >= 0.6 is 0 Å². The van der Waals surface area contributed by atoms with Crippen molar-refractivity contribution >= 4 is 0 Å². The number of benzene rings is 1. The molecular formula is C14H18FN3O. The van der Waals surface area contributed by atoms with Crippen LogP contribution in [0.4, 0.5) is 4.39 Å². The zero-order valence-electron chi connectivity index (χ0n) is 10.9. The molecule has 0 fully saturated rings. The fraction of sp³-hybridized carbons (Fsp3) is 0.357. The molecule has 102 valence electrons. The van der Waals surface area contributed by atoms with Gasteiger partial charge in [0.25, 0.3) is 0 Å². The summed E-state index contributed by atoms with van der Waals surface area (Å²) < 4.78 is 15.6. The van der Waals surface area contributed by atoms with Gasteiger partial charge in [0.05, 0.1) is 18.8 Å². The van der Waals surface area contributed by atoms with E-state index in [4.69, 9.17) is 10.8 Å². The lowest BCUT2D eigenvalue weighted by Gasteiger charge is -2.17. The van der Waals surface area contributed by atoms with Gasteiger partial charge in [0.2, 0.25) is 0 Å². The number of hydrogen-bond donors (Lipinski definition) is 2. The molecule has 0 bridgehead atoms. The Kier molecular flexibility index (Phi) is 4.29. The molecule has 0 amide bonds. The van der Waals surface area contributed by atoms with Gasteiger partial charge in [-0.1, -0.05) is 18.2 Å². The molecule has 4 nitrogen and oxygen atoms in total. The number of halogens is 1. The maximum atomic E-state index is 13.9. The molecule has 2 aromatic rings. The number of nitrogens with two attached hydrogens (primary N) is 1. The summed E-state index contributed by atoms with van der Waals surface area (Å²) in [5.74, 6) is -0.527. The fourth-order valence-corrected chi connectivity index (χ4v) is 2.28. The molecule has 0 radical (unpaired) electrons. The summed E-state index contributed by atoms with van der Waals surface area (Å²) in [6, 6.07) is 8.50. The van der Waals surface area contributed by atoms with E-state index in [1.807, 2.05) is 13.0 Å². The van der Waals surface area contributed by atoms with E-state index >= 15 is 0 Å². The van der Waals surface area contributed by atoms with E-state index < -0.39 is 0 Å². The van der Waals surface area contributed by atoms with Crippen molar-refractivity contribution in [1.29, 1.82) is 0 Å². The number of aliphatic hydroxyl groups is 1. The van der Waals surface area contributed by atoms with E-state index in [9.17, 15) is 4.39 Å². The second-order valence-corrected chi connectivity index (χ2v) is 4.47. The third-order valence-corrected chi connectivity index (χ3v) is 3.12. The van der Waals surface area contributed by atoms with Crippen LogP contribution in [0.25, 0.3) is 0 Å². The fourth-order valence-electron chi connectivity index (χ4n) is 2.28. The lowest BCUT2D eigenvalue weighted by molar-refractivity contribution is 0.266. The van der Waals surface area contributed by atoms with E-state index in [0.29, 0.717) is 12.1 Å². The Bertz CT molecular complexity index is 553. The van der Waals surface area contributed by atoms with Gasteiger partial charge in [0, 0.05) is 18.2 Å². The predicted molar refractivity (Wildman–Crippen MR) is 71.3 cm³/mol. The summed E-state index contributed by atoms with van der Waals surface area (Å²) in [6.07, 6.45) is 0. The maximum absolute atomic E-state index is 13.9. The number of nitrogens with zero attached hydrogens (tertiary/aromatic N) is 2. The highest BCUT2D eigenvalue weighted by atomic mass is 19.1. The SMILES string of the molecule is Cc1cc(C(CN)c2ccccc2F)n(CCO)n1. The number of aliphatic hydroxyl groups excluding tert-OH is 1. The standard InChI is InChI=1S/C14H18FN3O/c1-10-8-14(18(17-10)6-7-19)12(9-16)11-4-2-3-5-13(11)15/h2-5,8,12,19H,6-7,9,16H2,1H3. The summed E-state index contributed by atoms with van der Waals surface area (Å²) in [5.41, 5.74) is 8.03. The molecule has 0 aliphatic carbocycles. The molecule has 0 saturated carbocycles. The van der Waals surface area contributed by atoms with Crippen molar-refractivity contribution in [3.05, 3.63) is 53.1 Å². The van der Waals surface area contributed by atoms with Crippen LogP contribution in [0.15, 0.2) is 30.3 Å². The normalized spacial score (nSPS) is 12.6. The first kappa shape index (κ1) is 13.7. The first-order chi connectivity index (χ1) is 9.17. The Hall–Kier alpha value is -1.72. The monoisotopic (exact) mass is 263 g/mol. The van der Waals surface area contributed by atoms with E-state index in [0.717, 1.165) is 11.4 Å². The van der Waals surface area contributed by atoms with E-state index in [1.165, 1.54) is 6.07 Å². The van der Waals surface area contributed by atoms with Gasteiger partial charge in [-0.2, -0.15) is 5.10 Å². The Morgan fingerprint density at radius 2 is 2.16 bits per heavy atom. The lowest BCUT2D eigenvalue weighted by Crippen LogP contribution is -2.20. The highest BCUT2D eigenvalue weighted by Crippen LogP contribution is 2.26. The average Bonchev–Trinajstić information content (AvgIpc) is 2.74. The summed E-state index contributed by atoms with van der Waals surface area (Å²) in [6.45, 7) is 2.53. The third kappa shape index (κ3) is 2.83. The first-order valence-electron chi connectivity index (χ1n) is 6.27. The molecule has 1 aromatic heterocycles. The van der Waals surface area contributed by atoms with Crippen molar-refractivity contribution in [2.45, 2.75) is 19.4 Å². The first-order valence-corrected chi connectivity index (χ1v) is 6.27. The Labute approximate surface area is 111 Å². The van der Waals surface area contributed by atoms with Crippen LogP contribution in [0.1, 0.15) is 22.9 Å². The van der Waals surface area contributed by atoms with Crippen LogP contribution < -0.4 is 5.73 Å². The molecule has 1 heterocycles. The smallest absolute Gasteiger partial charge is 0.127 e. The summed E-state index contributed by atoms with van der Waals surface area (Å²) in [5, 5.41) is 13.4. The molecule has 1 unspecified atom stereocenters. The van der Waals surface area contributed by atoms with Crippen LogP contribution in [-0.4, -0.2) is 28.0 Å². The van der Waals surface area contributed by atoms with Crippen LogP contribution in [0, 0.1) is 12.7 Å². The molecule has 3 N–H and O–H groups in total. The Morgan fingerprint density at radius 3 is 2.79 bits per heavy atom.